The maximum absolute atomic E-state index is 13.2. The summed E-state index contributed by atoms with van der Waals surface area (Å²) in [5, 5.41) is 0.109. The van der Waals surface area contributed by atoms with E-state index >= 15 is 0 Å². The average molecular weight is 419 g/mol. The topological polar surface area (TPSA) is 74.8 Å². The summed E-state index contributed by atoms with van der Waals surface area (Å²) in [5.74, 6) is -1.71. The smallest absolute Gasteiger partial charge is 0.258 e. The summed E-state index contributed by atoms with van der Waals surface area (Å²) >= 11 is 6.21. The van der Waals surface area contributed by atoms with Gasteiger partial charge in [0.25, 0.3) is 5.91 Å². The summed E-state index contributed by atoms with van der Waals surface area (Å²) < 4.78 is 25.6. The molecule has 2 atom stereocenters. The first-order valence-electron chi connectivity index (χ1n) is 8.98. The molecule has 2 heterocycles. The number of anilines is 2. The molecule has 2 aromatic rings. The lowest BCUT2D eigenvalue weighted by Crippen LogP contribution is -2.36. The number of amides is 2. The van der Waals surface area contributed by atoms with Gasteiger partial charge >= 0.3 is 0 Å². The van der Waals surface area contributed by atoms with Gasteiger partial charge in [0, 0.05) is 17.3 Å². The van der Waals surface area contributed by atoms with E-state index in [0.29, 0.717) is 0 Å². The van der Waals surface area contributed by atoms with Gasteiger partial charge in [-0.05, 0) is 43.2 Å². The number of hydrogen-bond donors (Lipinski definition) is 0. The Morgan fingerprint density at radius 1 is 1.11 bits per heavy atom. The minimum Gasteiger partial charge on any atom is -0.305 e. The molecule has 0 aromatic heterocycles. The third-order valence-electron chi connectivity index (χ3n) is 5.20. The summed E-state index contributed by atoms with van der Waals surface area (Å²) in [5.41, 5.74) is 2.24. The Balaban J connectivity index is 1.76. The van der Waals surface area contributed by atoms with Crippen molar-refractivity contribution in [2.24, 2.45) is 5.92 Å². The largest absolute Gasteiger partial charge is 0.305 e. The van der Waals surface area contributed by atoms with E-state index in [-0.39, 0.29) is 34.0 Å². The summed E-state index contributed by atoms with van der Waals surface area (Å²) in [7, 11) is -3.81. The molecule has 146 valence electrons. The predicted molar refractivity (Wildman–Crippen MR) is 108 cm³/mol. The lowest BCUT2D eigenvalue weighted by atomic mass is 10.1. The van der Waals surface area contributed by atoms with Crippen LogP contribution in [0.4, 0.5) is 11.4 Å². The van der Waals surface area contributed by atoms with Gasteiger partial charge in [-0.15, -0.1) is 0 Å². The van der Waals surface area contributed by atoms with Crippen LogP contribution in [0.3, 0.4) is 0 Å². The van der Waals surface area contributed by atoms with E-state index < -0.39 is 21.8 Å². The van der Waals surface area contributed by atoms with Crippen LogP contribution in [0.5, 0.6) is 0 Å². The minimum absolute atomic E-state index is 0.0267. The minimum atomic E-state index is -3.81. The molecule has 2 aromatic carbocycles. The van der Waals surface area contributed by atoms with E-state index in [1.807, 2.05) is 31.2 Å². The van der Waals surface area contributed by atoms with E-state index in [9.17, 15) is 18.0 Å². The van der Waals surface area contributed by atoms with Crippen LogP contribution in [0, 0.1) is 5.92 Å². The van der Waals surface area contributed by atoms with Crippen LogP contribution >= 0.6 is 11.6 Å². The van der Waals surface area contributed by atoms with Gasteiger partial charge in [-0.2, -0.15) is 0 Å². The summed E-state index contributed by atoms with van der Waals surface area (Å²) in [4.78, 5) is 27.4. The van der Waals surface area contributed by atoms with Crippen molar-refractivity contribution in [3.63, 3.8) is 0 Å². The highest BCUT2D eigenvalue weighted by atomic mass is 35.5. The normalized spacial score (nSPS) is 23.2. The maximum atomic E-state index is 13.2. The van der Waals surface area contributed by atoms with Gasteiger partial charge in [0.2, 0.25) is 15.9 Å². The van der Waals surface area contributed by atoms with Crippen molar-refractivity contribution in [1.82, 2.24) is 0 Å². The Morgan fingerprint density at radius 2 is 1.82 bits per heavy atom. The zero-order chi connectivity index (χ0) is 20.2. The fourth-order valence-corrected chi connectivity index (χ4v) is 5.96. The second-order valence-electron chi connectivity index (χ2n) is 7.31. The molecule has 2 aliphatic heterocycles. The summed E-state index contributed by atoms with van der Waals surface area (Å²) in [6, 6.07) is 12.1. The molecular formula is C20H19ClN2O4S. The Morgan fingerprint density at radius 3 is 2.50 bits per heavy atom. The van der Waals surface area contributed by atoms with E-state index in [1.165, 1.54) is 12.1 Å². The Labute approximate surface area is 168 Å². The Bertz CT molecular complexity index is 1100. The monoisotopic (exact) mass is 418 g/mol. The van der Waals surface area contributed by atoms with Crippen LogP contribution in [0.25, 0.3) is 0 Å². The van der Waals surface area contributed by atoms with Crippen molar-refractivity contribution in [3.05, 3.63) is 58.6 Å². The van der Waals surface area contributed by atoms with Crippen LogP contribution < -0.4 is 9.21 Å². The lowest BCUT2D eigenvalue weighted by Gasteiger charge is -2.24. The number of rotatable bonds is 2. The van der Waals surface area contributed by atoms with Gasteiger partial charge < -0.3 is 4.90 Å². The molecule has 28 heavy (non-hydrogen) atoms. The van der Waals surface area contributed by atoms with E-state index in [4.69, 9.17) is 11.6 Å². The van der Waals surface area contributed by atoms with Crippen molar-refractivity contribution in [2.75, 3.05) is 15.0 Å². The van der Waals surface area contributed by atoms with Gasteiger partial charge in [0.15, 0.2) is 0 Å². The predicted octanol–water partition coefficient (Wildman–Crippen LogP) is 3.24. The van der Waals surface area contributed by atoms with Gasteiger partial charge in [0.05, 0.1) is 22.4 Å². The molecule has 6 nitrogen and oxygen atoms in total. The molecule has 1 saturated heterocycles. The highest BCUT2D eigenvalue weighted by Gasteiger charge is 2.43. The molecule has 2 aliphatic rings. The molecule has 4 rings (SSSR count). The molecular weight excluding hydrogens is 400 g/mol. The molecule has 0 bridgehead atoms. The number of benzene rings is 2. The van der Waals surface area contributed by atoms with Crippen LogP contribution in [0.15, 0.2) is 42.5 Å². The van der Waals surface area contributed by atoms with Crippen molar-refractivity contribution < 1.29 is 18.0 Å². The van der Waals surface area contributed by atoms with Gasteiger partial charge in [-0.1, -0.05) is 36.7 Å². The summed E-state index contributed by atoms with van der Waals surface area (Å²) in [6.45, 7) is 3.52. The van der Waals surface area contributed by atoms with E-state index in [2.05, 4.69) is 0 Å². The standard InChI is InChI=1S/C20H19ClN2O4S/c1-12-11-28(26,27)23(19(12)24)18-10-15(7-8-16(18)21)20(25)22-13(2)9-14-5-3-4-6-17(14)22/h3-8,10,12-13H,9,11H2,1-2H3. The Kier molecular flexibility index (Phi) is 4.47. The van der Waals surface area contributed by atoms with Crippen LogP contribution in [-0.2, 0) is 21.2 Å². The molecule has 1 fully saturated rings. The number of carbonyl (C=O) groups excluding carboxylic acids is 2. The second-order valence-corrected chi connectivity index (χ2v) is 9.57. The number of fused-ring (bicyclic) bond motifs is 1. The first-order valence-corrected chi connectivity index (χ1v) is 11.0. The summed E-state index contributed by atoms with van der Waals surface area (Å²) in [6.07, 6.45) is 0.749. The van der Waals surface area contributed by atoms with Crippen molar-refractivity contribution in [3.8, 4) is 0 Å². The number of halogens is 1. The first-order chi connectivity index (χ1) is 13.2. The van der Waals surface area contributed by atoms with Gasteiger partial charge in [-0.25, -0.2) is 12.7 Å². The van der Waals surface area contributed by atoms with Crippen LogP contribution in [-0.4, -0.2) is 32.0 Å². The SMILES string of the molecule is CC1CS(=O)(=O)N(c2cc(C(=O)N3c4ccccc4CC3C)ccc2Cl)C1=O. The molecule has 0 spiro atoms. The van der Waals surface area contributed by atoms with Gasteiger partial charge in [-0.3, -0.25) is 9.59 Å². The molecule has 0 radical (unpaired) electrons. The van der Waals surface area contributed by atoms with Crippen molar-refractivity contribution >= 4 is 44.8 Å². The highest BCUT2D eigenvalue weighted by Crippen LogP contribution is 2.37. The molecule has 0 aliphatic carbocycles. The first kappa shape index (κ1) is 19.0. The quantitative estimate of drug-likeness (QED) is 0.750. The number of carbonyl (C=O) groups is 2. The third kappa shape index (κ3) is 2.89. The van der Waals surface area contributed by atoms with Crippen LogP contribution in [0.2, 0.25) is 5.02 Å². The Hall–Kier alpha value is -2.38. The van der Waals surface area contributed by atoms with Crippen molar-refractivity contribution in [1.29, 1.82) is 0 Å². The van der Waals surface area contributed by atoms with Crippen LogP contribution in [0.1, 0.15) is 29.8 Å². The van der Waals surface area contributed by atoms with Crippen molar-refractivity contribution in [2.45, 2.75) is 26.3 Å². The zero-order valence-corrected chi connectivity index (χ0v) is 17.0. The second kappa shape index (κ2) is 6.60. The molecule has 8 heteroatoms. The number of hydrogen-bond acceptors (Lipinski definition) is 4. The lowest BCUT2D eigenvalue weighted by molar-refractivity contribution is -0.119. The van der Waals surface area contributed by atoms with Gasteiger partial charge in [0.1, 0.15) is 0 Å². The maximum Gasteiger partial charge on any atom is 0.258 e. The molecule has 2 unspecified atom stereocenters. The fraction of sp³-hybridized carbons (Fsp3) is 0.300. The third-order valence-corrected chi connectivity index (χ3v) is 7.37. The average Bonchev–Trinajstić information content (AvgIpc) is 3.07. The molecule has 0 N–H and O–H groups in total. The number of sulfonamides is 1. The molecule has 2 amide bonds. The number of para-hydroxylation sites is 1. The van der Waals surface area contributed by atoms with E-state index in [0.717, 1.165) is 22.0 Å². The fourth-order valence-electron chi connectivity index (χ4n) is 3.88. The highest BCUT2D eigenvalue weighted by molar-refractivity contribution is 7.94. The molecule has 0 saturated carbocycles. The zero-order valence-electron chi connectivity index (χ0n) is 15.4. The number of nitrogens with zero attached hydrogens (tertiary/aromatic N) is 2. The van der Waals surface area contributed by atoms with E-state index in [1.54, 1.807) is 17.9 Å².